The van der Waals surface area contributed by atoms with Gasteiger partial charge in [-0.05, 0) is 0 Å². The van der Waals surface area contributed by atoms with Crippen LogP contribution in [0.5, 0.6) is 0 Å². The van der Waals surface area contributed by atoms with Gasteiger partial charge in [0.1, 0.15) is 24.9 Å². The lowest BCUT2D eigenvalue weighted by atomic mass is 10.1. The fraction of sp³-hybridized carbons (Fsp3) is 0.688. The van der Waals surface area contributed by atoms with Crippen molar-refractivity contribution in [3.05, 3.63) is 16.7 Å². The van der Waals surface area contributed by atoms with Crippen molar-refractivity contribution >= 4 is 17.1 Å². The number of ether oxygens (including phenoxy) is 1. The maximum absolute atomic E-state index is 12.2. The highest BCUT2D eigenvalue weighted by atomic mass is 16.6. The normalized spacial score (nSPS) is 29.1. The second-order valence-electron chi connectivity index (χ2n) is 7.13. The van der Waals surface area contributed by atoms with Crippen LogP contribution in [-0.4, -0.2) is 104 Å². The molecule has 12 nitrogen and oxygen atoms in total. The van der Waals surface area contributed by atoms with Gasteiger partial charge in [-0.25, -0.2) is 9.97 Å². The third kappa shape index (κ3) is 3.17. The van der Waals surface area contributed by atoms with Gasteiger partial charge in [0, 0.05) is 0 Å². The van der Waals surface area contributed by atoms with Crippen LogP contribution in [0, 0.1) is 0 Å². The molecule has 0 bridgehead atoms. The second kappa shape index (κ2) is 7.73. The summed E-state index contributed by atoms with van der Waals surface area (Å²) in [5, 5.41) is 39.2. The van der Waals surface area contributed by atoms with Crippen molar-refractivity contribution in [2.75, 3.05) is 50.8 Å². The second-order valence-corrected chi connectivity index (χ2v) is 7.13. The third-order valence-corrected chi connectivity index (χ3v) is 5.46. The molecule has 0 aliphatic carbocycles. The summed E-state index contributed by atoms with van der Waals surface area (Å²) in [5.41, 5.74) is -0.0691. The molecule has 4 heterocycles. The Morgan fingerprint density at radius 1 is 1.25 bits per heavy atom. The molecule has 154 valence electrons. The molecule has 12 heteroatoms. The summed E-state index contributed by atoms with van der Waals surface area (Å²) in [6, 6.07) is 0. The number of aliphatic hydroxyl groups excluding tert-OH is 4. The molecule has 2 aromatic heterocycles. The van der Waals surface area contributed by atoms with Crippen molar-refractivity contribution in [2.24, 2.45) is 0 Å². The number of H-pyrrole nitrogens is 1. The van der Waals surface area contributed by atoms with Gasteiger partial charge in [0.15, 0.2) is 17.4 Å². The van der Waals surface area contributed by atoms with Crippen LogP contribution in [0.2, 0.25) is 0 Å². The van der Waals surface area contributed by atoms with Crippen LogP contribution in [0.25, 0.3) is 11.2 Å². The zero-order valence-electron chi connectivity index (χ0n) is 15.2. The molecule has 2 aromatic rings. The van der Waals surface area contributed by atoms with E-state index < -0.39 is 36.7 Å². The van der Waals surface area contributed by atoms with Gasteiger partial charge in [-0.15, -0.1) is 0 Å². The fourth-order valence-electron chi connectivity index (χ4n) is 3.89. The number of aromatic nitrogens is 4. The molecular formula is C16H25N6O6+. The van der Waals surface area contributed by atoms with Crippen molar-refractivity contribution in [1.82, 2.24) is 19.5 Å². The van der Waals surface area contributed by atoms with E-state index in [4.69, 9.17) is 9.84 Å². The maximum Gasteiger partial charge on any atom is 0.278 e. The summed E-state index contributed by atoms with van der Waals surface area (Å²) in [5.74, 6) is 0.414. The van der Waals surface area contributed by atoms with Crippen molar-refractivity contribution in [2.45, 2.75) is 24.5 Å². The largest absolute Gasteiger partial charge is 0.394 e. The predicted octanol–water partition coefficient (Wildman–Crippen LogP) is -4.57. The molecule has 2 fully saturated rings. The van der Waals surface area contributed by atoms with E-state index in [0.717, 1.165) is 13.1 Å². The molecule has 4 rings (SSSR count). The maximum atomic E-state index is 12.2. The molecule has 0 spiro atoms. The highest BCUT2D eigenvalue weighted by molar-refractivity contribution is 5.73. The SMILES string of the molecule is O=c1[nH]cnc2c1nc(N1CC[NH+](CCO)CC1)n2[C@H]1O[C@@H](CO)[C@@H](O)[C@@H]1O. The van der Waals surface area contributed by atoms with E-state index in [1.54, 1.807) is 0 Å². The Morgan fingerprint density at radius 3 is 2.64 bits per heavy atom. The van der Waals surface area contributed by atoms with Gasteiger partial charge in [0.25, 0.3) is 5.56 Å². The first kappa shape index (κ1) is 19.2. The summed E-state index contributed by atoms with van der Waals surface area (Å²) < 4.78 is 7.19. The van der Waals surface area contributed by atoms with Crippen molar-refractivity contribution in [3.63, 3.8) is 0 Å². The number of nitrogens with one attached hydrogen (secondary N) is 2. The summed E-state index contributed by atoms with van der Waals surface area (Å²) >= 11 is 0. The standard InChI is InChI=1S/C16H24N6O6/c23-6-5-20-1-3-21(4-2-20)16-19-10-13(17-8-18-14(10)27)22(16)15-12(26)11(25)9(7-24)28-15/h8-9,11-12,15,23-26H,1-7H2,(H,17,18,27)/p+1/t9-,11+,12-,15-/m0/s1. The Bertz CT molecular complexity index is 878. The van der Waals surface area contributed by atoms with Crippen LogP contribution in [0.3, 0.4) is 0 Å². The predicted molar refractivity (Wildman–Crippen MR) is 96.0 cm³/mol. The minimum atomic E-state index is -1.31. The molecule has 0 amide bonds. The molecule has 2 aliphatic heterocycles. The van der Waals surface area contributed by atoms with Crippen molar-refractivity contribution in [3.8, 4) is 0 Å². The van der Waals surface area contributed by atoms with E-state index in [1.807, 2.05) is 4.90 Å². The number of anilines is 1. The zero-order valence-corrected chi connectivity index (χ0v) is 15.2. The number of aliphatic hydroxyl groups is 4. The summed E-state index contributed by atoms with van der Waals surface area (Å²) in [4.78, 5) is 26.6. The summed E-state index contributed by atoms with van der Waals surface area (Å²) in [7, 11) is 0. The Kier molecular flexibility index (Phi) is 5.31. The van der Waals surface area contributed by atoms with Crippen LogP contribution < -0.4 is 15.4 Å². The van der Waals surface area contributed by atoms with E-state index >= 15 is 0 Å². The van der Waals surface area contributed by atoms with E-state index in [9.17, 15) is 20.1 Å². The molecule has 28 heavy (non-hydrogen) atoms. The van der Waals surface area contributed by atoms with Gasteiger partial charge in [-0.2, -0.15) is 0 Å². The molecule has 2 saturated heterocycles. The fourth-order valence-corrected chi connectivity index (χ4v) is 3.89. The molecule has 0 unspecified atom stereocenters. The lowest BCUT2D eigenvalue weighted by molar-refractivity contribution is -0.900. The van der Waals surface area contributed by atoms with Crippen LogP contribution >= 0.6 is 0 Å². The number of imidazole rings is 1. The van der Waals surface area contributed by atoms with Crippen LogP contribution in [0.1, 0.15) is 6.23 Å². The molecule has 4 atom stereocenters. The number of quaternary nitrogens is 1. The third-order valence-electron chi connectivity index (χ3n) is 5.46. The first-order chi connectivity index (χ1) is 13.5. The van der Waals surface area contributed by atoms with Gasteiger partial charge in [0.2, 0.25) is 5.95 Å². The zero-order chi connectivity index (χ0) is 19.8. The quantitative estimate of drug-likeness (QED) is 0.292. The average molecular weight is 397 g/mol. The van der Waals surface area contributed by atoms with Crippen LogP contribution in [0.4, 0.5) is 5.95 Å². The van der Waals surface area contributed by atoms with Crippen molar-refractivity contribution in [1.29, 1.82) is 0 Å². The smallest absolute Gasteiger partial charge is 0.278 e. The Balaban J connectivity index is 1.74. The van der Waals surface area contributed by atoms with Crippen molar-refractivity contribution < 1.29 is 30.1 Å². The summed E-state index contributed by atoms with van der Waals surface area (Å²) in [6.07, 6.45) is -3.32. The number of hydrogen-bond acceptors (Lipinski definition) is 9. The van der Waals surface area contributed by atoms with Crippen LogP contribution in [-0.2, 0) is 4.74 Å². The topological polar surface area (TPSA) is 161 Å². The van der Waals surface area contributed by atoms with Gasteiger partial charge in [0.05, 0.1) is 45.7 Å². The number of piperazine rings is 1. The van der Waals surface area contributed by atoms with Gasteiger partial charge in [-0.3, -0.25) is 9.36 Å². The first-order valence-corrected chi connectivity index (χ1v) is 9.32. The number of hydrogen-bond donors (Lipinski definition) is 6. The molecule has 6 N–H and O–H groups in total. The van der Waals surface area contributed by atoms with E-state index in [0.29, 0.717) is 25.6 Å². The van der Waals surface area contributed by atoms with E-state index in [2.05, 4.69) is 15.0 Å². The number of fused-ring (bicyclic) bond motifs is 1. The van der Waals surface area contributed by atoms with E-state index in [1.165, 1.54) is 15.8 Å². The Labute approximate surface area is 159 Å². The number of rotatable bonds is 5. The number of aromatic amines is 1. The van der Waals surface area contributed by atoms with Gasteiger partial charge >= 0.3 is 0 Å². The Hall–Kier alpha value is -2.09. The molecule has 0 radical (unpaired) electrons. The highest BCUT2D eigenvalue weighted by Crippen LogP contribution is 2.34. The lowest BCUT2D eigenvalue weighted by Gasteiger charge is -2.33. The average Bonchev–Trinajstić information content (AvgIpc) is 3.22. The first-order valence-electron chi connectivity index (χ1n) is 9.32. The van der Waals surface area contributed by atoms with Gasteiger partial charge in [-0.1, -0.05) is 0 Å². The number of nitrogens with zero attached hydrogens (tertiary/aromatic N) is 4. The lowest BCUT2D eigenvalue weighted by Crippen LogP contribution is -3.15. The Morgan fingerprint density at radius 2 is 2.00 bits per heavy atom. The minimum Gasteiger partial charge on any atom is -0.394 e. The monoisotopic (exact) mass is 397 g/mol. The van der Waals surface area contributed by atoms with Gasteiger partial charge < -0.3 is 39.9 Å². The molecule has 0 aromatic carbocycles. The van der Waals surface area contributed by atoms with Crippen LogP contribution in [0.15, 0.2) is 11.1 Å². The summed E-state index contributed by atoms with van der Waals surface area (Å²) in [6.45, 7) is 3.16. The molecule has 0 saturated carbocycles. The molecular weight excluding hydrogens is 372 g/mol. The molecule has 2 aliphatic rings. The highest BCUT2D eigenvalue weighted by Gasteiger charge is 2.45. The minimum absolute atomic E-state index is 0.111. The van der Waals surface area contributed by atoms with E-state index in [-0.39, 0.29) is 17.8 Å².